The molecule has 3 N–H and O–H groups in total. The number of phenols is 2. The zero-order valence-corrected chi connectivity index (χ0v) is 17.5. The van der Waals surface area contributed by atoms with Gasteiger partial charge in [0.15, 0.2) is 18.1 Å². The second-order valence-electron chi connectivity index (χ2n) is 6.94. The molecule has 0 spiro atoms. The van der Waals surface area contributed by atoms with Crippen LogP contribution in [0.5, 0.6) is 11.5 Å². The van der Waals surface area contributed by atoms with E-state index in [2.05, 4.69) is 5.32 Å². The van der Waals surface area contributed by atoms with Crippen molar-refractivity contribution in [2.75, 3.05) is 18.6 Å². The van der Waals surface area contributed by atoms with Crippen LogP contribution in [-0.2, 0) is 16.1 Å². The van der Waals surface area contributed by atoms with Crippen molar-refractivity contribution in [2.45, 2.75) is 13.5 Å². The van der Waals surface area contributed by atoms with Crippen LogP contribution in [0.15, 0.2) is 59.2 Å². The van der Waals surface area contributed by atoms with Gasteiger partial charge in [-0.2, -0.15) is 0 Å². The number of carbonyl (C=O) groups is 3. The number of anilines is 1. The second kappa shape index (κ2) is 9.69. The summed E-state index contributed by atoms with van der Waals surface area (Å²) in [7, 11) is 1.45. The fourth-order valence-electron chi connectivity index (χ4n) is 2.92. The third-order valence-electron chi connectivity index (χ3n) is 4.79. The summed E-state index contributed by atoms with van der Waals surface area (Å²) in [6.07, 6.45) is 1.50. The number of aromatic hydroxyl groups is 2. The number of rotatable bonds is 7. The van der Waals surface area contributed by atoms with Crippen molar-refractivity contribution in [3.63, 3.8) is 0 Å². The Kier molecular flexibility index (Phi) is 6.79. The Morgan fingerprint density at radius 1 is 1.00 bits per heavy atom. The summed E-state index contributed by atoms with van der Waals surface area (Å²) in [5.74, 6) is -2.44. The highest BCUT2D eigenvalue weighted by atomic mass is 16.5. The maximum Gasteiger partial charge on any atom is 0.342 e. The van der Waals surface area contributed by atoms with Gasteiger partial charge < -0.3 is 29.6 Å². The van der Waals surface area contributed by atoms with Crippen LogP contribution in [0.4, 0.5) is 5.69 Å². The van der Waals surface area contributed by atoms with Gasteiger partial charge in [0.1, 0.15) is 11.3 Å². The van der Waals surface area contributed by atoms with Crippen LogP contribution in [0.25, 0.3) is 0 Å². The molecule has 1 aromatic heterocycles. The Morgan fingerprint density at radius 3 is 2.47 bits per heavy atom. The van der Waals surface area contributed by atoms with Crippen molar-refractivity contribution in [1.82, 2.24) is 5.32 Å². The number of nitrogens with zero attached hydrogens (tertiary/aromatic N) is 1. The normalized spacial score (nSPS) is 10.4. The Morgan fingerprint density at radius 2 is 1.75 bits per heavy atom. The van der Waals surface area contributed by atoms with Gasteiger partial charge >= 0.3 is 5.97 Å². The molecule has 3 rings (SSSR count). The first-order valence-electron chi connectivity index (χ1n) is 9.64. The standard InChI is InChI=1S/C23H22N2O7/c1-14-9-10-17(21(28)20(14)27)23(30)32-13-19(26)25(2)18-8-4-3-7-16(18)22(29)24-12-15-6-5-11-31-15/h3-11,27-28H,12-13H2,1-2H3,(H,24,29). The number of likely N-dealkylation sites (N-methyl/N-ethyl adjacent to an activating group) is 1. The monoisotopic (exact) mass is 438 g/mol. The van der Waals surface area contributed by atoms with Crippen molar-refractivity contribution in [3.05, 3.63) is 77.2 Å². The molecule has 0 fully saturated rings. The van der Waals surface area contributed by atoms with E-state index in [1.807, 2.05) is 0 Å². The van der Waals surface area contributed by atoms with Gasteiger partial charge in [-0.1, -0.05) is 18.2 Å². The van der Waals surface area contributed by atoms with Gasteiger partial charge in [0.2, 0.25) is 0 Å². The molecular weight excluding hydrogens is 416 g/mol. The first-order valence-corrected chi connectivity index (χ1v) is 9.64. The van der Waals surface area contributed by atoms with Crippen LogP contribution in [0.2, 0.25) is 0 Å². The highest BCUT2D eigenvalue weighted by molar-refractivity contribution is 6.05. The van der Waals surface area contributed by atoms with E-state index in [9.17, 15) is 24.6 Å². The van der Waals surface area contributed by atoms with E-state index in [0.29, 0.717) is 17.0 Å². The lowest BCUT2D eigenvalue weighted by molar-refractivity contribution is -0.121. The number of ether oxygens (including phenoxy) is 1. The molecule has 0 aliphatic rings. The van der Waals surface area contributed by atoms with E-state index in [0.717, 1.165) is 0 Å². The molecule has 0 radical (unpaired) electrons. The Hall–Kier alpha value is -4.27. The second-order valence-corrected chi connectivity index (χ2v) is 6.94. The fourth-order valence-corrected chi connectivity index (χ4v) is 2.92. The Labute approximate surface area is 183 Å². The molecule has 0 atom stereocenters. The maximum atomic E-state index is 12.6. The lowest BCUT2D eigenvalue weighted by Gasteiger charge is -2.20. The predicted octanol–water partition coefficient (Wildman–Crippen LogP) is 2.75. The summed E-state index contributed by atoms with van der Waals surface area (Å²) in [5.41, 5.74) is 0.696. The molecule has 2 aromatic carbocycles. The number of aryl methyl sites for hydroxylation is 1. The topological polar surface area (TPSA) is 129 Å². The molecule has 0 bridgehead atoms. The van der Waals surface area contributed by atoms with Crippen molar-refractivity contribution in [3.8, 4) is 11.5 Å². The van der Waals surface area contributed by atoms with Gasteiger partial charge in [0.25, 0.3) is 11.8 Å². The number of furan rings is 1. The summed E-state index contributed by atoms with van der Waals surface area (Å²) in [4.78, 5) is 38.6. The third-order valence-corrected chi connectivity index (χ3v) is 4.79. The number of carbonyl (C=O) groups excluding carboxylic acids is 3. The molecule has 0 saturated carbocycles. The van der Waals surface area contributed by atoms with Gasteiger partial charge in [-0.25, -0.2) is 4.79 Å². The fraction of sp³-hybridized carbons (Fsp3) is 0.174. The smallest absolute Gasteiger partial charge is 0.342 e. The number of phenolic OH excluding ortho intramolecular Hbond substituents is 2. The molecule has 0 saturated heterocycles. The van der Waals surface area contributed by atoms with Gasteiger partial charge in [-0.15, -0.1) is 0 Å². The van der Waals surface area contributed by atoms with Crippen molar-refractivity contribution in [1.29, 1.82) is 0 Å². The SMILES string of the molecule is Cc1ccc(C(=O)OCC(=O)N(C)c2ccccc2C(=O)NCc2ccco2)c(O)c1O. The molecule has 2 amide bonds. The Balaban J connectivity index is 1.66. The van der Waals surface area contributed by atoms with E-state index in [-0.39, 0.29) is 17.7 Å². The molecule has 32 heavy (non-hydrogen) atoms. The summed E-state index contributed by atoms with van der Waals surface area (Å²) in [6.45, 7) is 1.11. The van der Waals surface area contributed by atoms with Gasteiger partial charge in [0.05, 0.1) is 24.1 Å². The number of nitrogens with one attached hydrogen (secondary N) is 1. The van der Waals surface area contributed by atoms with Crippen LogP contribution in [0, 0.1) is 6.92 Å². The zero-order valence-electron chi connectivity index (χ0n) is 17.5. The summed E-state index contributed by atoms with van der Waals surface area (Å²) >= 11 is 0. The molecular formula is C23H22N2O7. The van der Waals surface area contributed by atoms with Crippen molar-refractivity contribution in [2.24, 2.45) is 0 Å². The lowest BCUT2D eigenvalue weighted by atomic mass is 10.1. The van der Waals surface area contributed by atoms with Crippen LogP contribution in [0.1, 0.15) is 32.0 Å². The molecule has 3 aromatic rings. The third kappa shape index (κ3) is 4.89. The highest BCUT2D eigenvalue weighted by Gasteiger charge is 2.22. The number of hydrogen-bond acceptors (Lipinski definition) is 7. The van der Waals surface area contributed by atoms with Crippen LogP contribution < -0.4 is 10.2 Å². The number of hydrogen-bond donors (Lipinski definition) is 3. The molecule has 0 aliphatic heterocycles. The minimum Gasteiger partial charge on any atom is -0.504 e. The molecule has 0 unspecified atom stereocenters. The predicted molar refractivity (Wildman–Crippen MR) is 115 cm³/mol. The number of benzene rings is 2. The van der Waals surface area contributed by atoms with E-state index in [4.69, 9.17) is 9.15 Å². The Bertz CT molecular complexity index is 1140. The van der Waals surface area contributed by atoms with Crippen LogP contribution in [-0.4, -0.2) is 41.7 Å². The molecule has 1 heterocycles. The van der Waals surface area contributed by atoms with Crippen LogP contribution in [0.3, 0.4) is 0 Å². The van der Waals surface area contributed by atoms with E-state index >= 15 is 0 Å². The summed E-state index contributed by atoms with van der Waals surface area (Å²) < 4.78 is 10.2. The van der Waals surface area contributed by atoms with Crippen LogP contribution >= 0.6 is 0 Å². The van der Waals surface area contributed by atoms with E-state index in [1.165, 1.54) is 30.3 Å². The summed E-state index contributed by atoms with van der Waals surface area (Å²) in [6, 6.07) is 12.7. The van der Waals surface area contributed by atoms with Gasteiger partial charge in [-0.05, 0) is 42.8 Å². The zero-order chi connectivity index (χ0) is 23.3. The largest absolute Gasteiger partial charge is 0.504 e. The average molecular weight is 438 g/mol. The van der Waals surface area contributed by atoms with Crippen molar-refractivity contribution >= 4 is 23.5 Å². The summed E-state index contributed by atoms with van der Waals surface area (Å²) in [5, 5.41) is 22.4. The quantitative estimate of drug-likeness (QED) is 0.382. The number of esters is 1. The number of para-hydroxylation sites is 1. The molecule has 9 nitrogen and oxygen atoms in total. The highest BCUT2D eigenvalue weighted by Crippen LogP contribution is 2.32. The van der Waals surface area contributed by atoms with Gasteiger partial charge in [0, 0.05) is 7.05 Å². The molecule has 0 aliphatic carbocycles. The first-order chi connectivity index (χ1) is 15.3. The minimum atomic E-state index is -0.968. The lowest BCUT2D eigenvalue weighted by Crippen LogP contribution is -2.33. The van der Waals surface area contributed by atoms with E-state index < -0.39 is 35.9 Å². The average Bonchev–Trinajstić information content (AvgIpc) is 3.32. The number of amides is 2. The maximum absolute atomic E-state index is 12.6. The molecule has 9 heteroatoms. The minimum absolute atomic E-state index is 0.183. The van der Waals surface area contributed by atoms with E-state index in [1.54, 1.807) is 43.3 Å². The molecule has 166 valence electrons. The first kappa shape index (κ1) is 22.4. The van der Waals surface area contributed by atoms with Gasteiger partial charge in [-0.3, -0.25) is 9.59 Å². The van der Waals surface area contributed by atoms with Crippen molar-refractivity contribution < 1.29 is 33.8 Å².